The van der Waals surface area contributed by atoms with Crippen LogP contribution < -0.4 is 15.5 Å². The Bertz CT molecular complexity index is 1660. The zero-order valence-corrected chi connectivity index (χ0v) is 24.9. The van der Waals surface area contributed by atoms with Gasteiger partial charge in [-0.3, -0.25) is 9.59 Å². The fourth-order valence-corrected chi connectivity index (χ4v) is 5.20. The standard InChI is InChI=1S/C32H38N8O2/c1-7-29(41)34-25-19-24(21(2)18-27(25)38(5)17-16-37(3)4)36-32-33-14-12-23(35-32)31-22-10-8-9-11-26(22)39(6)28(31)20-40-15-13-30(40)42/h7-12,14,18-19H,1,13,15-17,20H2,2-6H3,(H,34,41)(H,33,35,36). The zero-order valence-electron chi connectivity index (χ0n) is 24.9. The molecular formula is C32H38N8O2. The van der Waals surface area contributed by atoms with Crippen LogP contribution in [0, 0.1) is 6.92 Å². The number of likely N-dealkylation sites (tertiary alicyclic amines) is 1. The maximum Gasteiger partial charge on any atom is 0.247 e. The molecule has 2 aromatic heterocycles. The van der Waals surface area contributed by atoms with Crippen LogP contribution in [-0.4, -0.2) is 76.9 Å². The van der Waals surface area contributed by atoms with E-state index in [1.165, 1.54) is 6.08 Å². The second-order valence-electron chi connectivity index (χ2n) is 11.0. The summed E-state index contributed by atoms with van der Waals surface area (Å²) in [5, 5.41) is 7.40. The lowest BCUT2D eigenvalue weighted by Gasteiger charge is -2.31. The van der Waals surface area contributed by atoms with Crippen LogP contribution in [-0.2, 0) is 23.2 Å². The highest BCUT2D eigenvalue weighted by molar-refractivity contribution is 6.02. The van der Waals surface area contributed by atoms with Gasteiger partial charge in [0.1, 0.15) is 0 Å². The van der Waals surface area contributed by atoms with Gasteiger partial charge >= 0.3 is 0 Å². The number of carbonyl (C=O) groups excluding carboxylic acids is 2. The molecule has 2 N–H and O–H groups in total. The normalized spacial score (nSPS) is 12.9. The van der Waals surface area contributed by atoms with Gasteiger partial charge in [0, 0.05) is 74.2 Å². The molecule has 0 saturated carbocycles. The number of anilines is 4. The van der Waals surface area contributed by atoms with E-state index >= 15 is 0 Å². The molecule has 5 rings (SSSR count). The van der Waals surface area contributed by atoms with E-state index in [-0.39, 0.29) is 11.8 Å². The molecule has 2 aromatic carbocycles. The van der Waals surface area contributed by atoms with Gasteiger partial charge in [0.25, 0.3) is 0 Å². The Labute approximate surface area is 246 Å². The van der Waals surface area contributed by atoms with Crippen LogP contribution in [0.5, 0.6) is 0 Å². The summed E-state index contributed by atoms with van der Waals surface area (Å²) in [5.41, 5.74) is 7.21. The number of para-hydroxylation sites is 1. The summed E-state index contributed by atoms with van der Waals surface area (Å²) >= 11 is 0. The molecule has 0 spiro atoms. The molecule has 0 bridgehead atoms. The number of fused-ring (bicyclic) bond motifs is 1. The van der Waals surface area contributed by atoms with Gasteiger partial charge in [0.15, 0.2) is 0 Å². The number of hydrogen-bond acceptors (Lipinski definition) is 7. The SMILES string of the molecule is C=CC(=O)Nc1cc(Nc2nccc(-c3c(CN4CCC4=O)n(C)c4ccccc34)n2)c(C)cc1N(C)CCN(C)C. The summed E-state index contributed by atoms with van der Waals surface area (Å²) in [5.74, 6) is 0.320. The first kappa shape index (κ1) is 28.8. The lowest BCUT2D eigenvalue weighted by atomic mass is 10.1. The Kier molecular flexibility index (Phi) is 8.26. The Hall–Kier alpha value is -4.70. The zero-order chi connectivity index (χ0) is 30.0. The third-order valence-corrected chi connectivity index (χ3v) is 7.76. The molecule has 4 aromatic rings. The molecule has 0 radical (unpaired) electrons. The number of nitrogens with one attached hydrogen (secondary N) is 2. The van der Waals surface area contributed by atoms with Crippen molar-refractivity contribution in [1.29, 1.82) is 0 Å². The highest BCUT2D eigenvalue weighted by Crippen LogP contribution is 2.36. The maximum absolute atomic E-state index is 12.3. The first-order valence-electron chi connectivity index (χ1n) is 14.0. The predicted octanol–water partition coefficient (Wildman–Crippen LogP) is 4.54. The number of hydrogen-bond donors (Lipinski definition) is 2. The quantitative estimate of drug-likeness (QED) is 0.203. The van der Waals surface area contributed by atoms with Crippen LogP contribution in [0.1, 0.15) is 17.7 Å². The Morgan fingerprint density at radius 3 is 2.60 bits per heavy atom. The second kappa shape index (κ2) is 12.0. The summed E-state index contributed by atoms with van der Waals surface area (Å²) in [6.07, 6.45) is 3.60. The molecule has 3 heterocycles. The third kappa shape index (κ3) is 5.84. The van der Waals surface area contributed by atoms with E-state index < -0.39 is 0 Å². The van der Waals surface area contributed by atoms with Crippen molar-refractivity contribution < 1.29 is 9.59 Å². The lowest BCUT2D eigenvalue weighted by molar-refractivity contribution is -0.140. The third-order valence-electron chi connectivity index (χ3n) is 7.76. The number of rotatable bonds is 11. The molecule has 0 unspecified atom stereocenters. The maximum atomic E-state index is 12.3. The number of amides is 2. The second-order valence-corrected chi connectivity index (χ2v) is 11.0. The highest BCUT2D eigenvalue weighted by Gasteiger charge is 2.27. The molecular weight excluding hydrogens is 528 g/mol. The minimum atomic E-state index is -0.283. The van der Waals surface area contributed by atoms with E-state index in [0.717, 1.165) is 64.4 Å². The first-order valence-corrected chi connectivity index (χ1v) is 14.0. The fraction of sp³-hybridized carbons (Fsp3) is 0.312. The minimum Gasteiger partial charge on any atom is -0.372 e. The van der Waals surface area contributed by atoms with Gasteiger partial charge in [-0.05, 0) is 56.9 Å². The molecule has 42 heavy (non-hydrogen) atoms. The van der Waals surface area contributed by atoms with Gasteiger partial charge in [0.2, 0.25) is 17.8 Å². The van der Waals surface area contributed by atoms with Crippen LogP contribution in [0.2, 0.25) is 0 Å². The van der Waals surface area contributed by atoms with Crippen molar-refractivity contribution in [1.82, 2.24) is 24.3 Å². The summed E-state index contributed by atoms with van der Waals surface area (Å²) < 4.78 is 2.15. The number of likely N-dealkylation sites (N-methyl/N-ethyl adjacent to an activating group) is 2. The summed E-state index contributed by atoms with van der Waals surface area (Å²) in [6, 6.07) is 14.1. The van der Waals surface area contributed by atoms with E-state index in [0.29, 0.717) is 24.6 Å². The Morgan fingerprint density at radius 2 is 1.90 bits per heavy atom. The molecule has 0 atom stereocenters. The predicted molar refractivity (Wildman–Crippen MR) is 169 cm³/mol. The van der Waals surface area contributed by atoms with E-state index in [1.54, 1.807) is 6.20 Å². The molecule has 10 nitrogen and oxygen atoms in total. The van der Waals surface area contributed by atoms with Gasteiger partial charge in [-0.2, -0.15) is 0 Å². The molecule has 1 aliphatic heterocycles. The highest BCUT2D eigenvalue weighted by atomic mass is 16.2. The van der Waals surface area contributed by atoms with Crippen LogP contribution in [0.4, 0.5) is 23.0 Å². The van der Waals surface area contributed by atoms with Crippen molar-refractivity contribution in [3.63, 3.8) is 0 Å². The monoisotopic (exact) mass is 566 g/mol. The van der Waals surface area contributed by atoms with Gasteiger partial charge in [-0.1, -0.05) is 24.8 Å². The number of aromatic nitrogens is 3. The lowest BCUT2D eigenvalue weighted by Crippen LogP contribution is -2.42. The molecule has 10 heteroatoms. The number of β-lactam (4-membered cyclic amide) rings is 1. The van der Waals surface area contributed by atoms with Crippen molar-refractivity contribution in [3.8, 4) is 11.3 Å². The number of nitrogens with zero attached hydrogens (tertiary/aromatic N) is 6. The number of benzene rings is 2. The fourth-order valence-electron chi connectivity index (χ4n) is 5.20. The van der Waals surface area contributed by atoms with Gasteiger partial charge in [-0.25, -0.2) is 9.97 Å². The minimum absolute atomic E-state index is 0.168. The molecule has 1 aliphatic rings. The van der Waals surface area contributed by atoms with E-state index in [4.69, 9.17) is 4.98 Å². The van der Waals surface area contributed by atoms with Gasteiger partial charge in [0.05, 0.1) is 23.6 Å². The summed E-state index contributed by atoms with van der Waals surface area (Å²) in [4.78, 5) is 40.1. The van der Waals surface area contributed by atoms with Gasteiger partial charge in [-0.15, -0.1) is 0 Å². The Morgan fingerprint density at radius 1 is 1.12 bits per heavy atom. The molecule has 1 saturated heterocycles. The summed E-state index contributed by atoms with van der Waals surface area (Å²) in [6.45, 7) is 8.57. The van der Waals surface area contributed by atoms with E-state index in [2.05, 4.69) is 48.7 Å². The molecule has 2 amide bonds. The average Bonchev–Trinajstić information content (AvgIpc) is 3.26. The largest absolute Gasteiger partial charge is 0.372 e. The van der Waals surface area contributed by atoms with Crippen LogP contribution >= 0.6 is 0 Å². The topological polar surface area (TPSA) is 98.6 Å². The van der Waals surface area contributed by atoms with Crippen molar-refractivity contribution in [2.45, 2.75) is 19.9 Å². The van der Waals surface area contributed by atoms with Crippen LogP contribution in [0.25, 0.3) is 22.2 Å². The Balaban J connectivity index is 1.51. The average molecular weight is 567 g/mol. The van der Waals surface area contributed by atoms with Crippen molar-refractivity contribution in [2.75, 3.05) is 56.3 Å². The van der Waals surface area contributed by atoms with E-state index in [1.807, 2.05) is 70.3 Å². The molecule has 218 valence electrons. The number of aryl methyl sites for hydroxylation is 2. The number of carbonyl (C=O) groups is 2. The summed E-state index contributed by atoms with van der Waals surface area (Å²) in [7, 11) is 8.11. The molecule has 0 aliphatic carbocycles. The smallest absolute Gasteiger partial charge is 0.247 e. The first-order chi connectivity index (χ1) is 20.2. The van der Waals surface area contributed by atoms with Crippen molar-refractivity contribution in [3.05, 3.63) is 72.6 Å². The van der Waals surface area contributed by atoms with Crippen LogP contribution in [0.3, 0.4) is 0 Å². The van der Waals surface area contributed by atoms with Crippen molar-refractivity contribution in [2.24, 2.45) is 7.05 Å². The van der Waals surface area contributed by atoms with Gasteiger partial charge < -0.3 is 29.9 Å². The van der Waals surface area contributed by atoms with Crippen molar-refractivity contribution >= 4 is 45.7 Å². The molecule has 1 fully saturated rings. The van der Waals surface area contributed by atoms with E-state index in [9.17, 15) is 9.59 Å². The van der Waals surface area contributed by atoms with Crippen LogP contribution in [0.15, 0.2) is 61.3 Å².